The van der Waals surface area contributed by atoms with Gasteiger partial charge in [0.25, 0.3) is 0 Å². The average Bonchev–Trinajstić information content (AvgIpc) is 2.15. The van der Waals surface area contributed by atoms with Crippen molar-refractivity contribution in [2.45, 2.75) is 71.9 Å². The van der Waals surface area contributed by atoms with E-state index in [1.54, 1.807) is 0 Å². The van der Waals surface area contributed by atoms with Crippen molar-refractivity contribution in [1.29, 1.82) is 0 Å². The lowest BCUT2D eigenvalue weighted by Crippen LogP contribution is -2.53. The van der Waals surface area contributed by atoms with E-state index in [2.05, 4.69) is 34.6 Å². The van der Waals surface area contributed by atoms with Crippen LogP contribution in [0.15, 0.2) is 0 Å². The van der Waals surface area contributed by atoms with Gasteiger partial charge in [0, 0.05) is 12.1 Å². The molecule has 2 N–H and O–H groups in total. The van der Waals surface area contributed by atoms with Crippen molar-refractivity contribution in [2.24, 2.45) is 23.5 Å². The molecule has 1 fully saturated rings. The van der Waals surface area contributed by atoms with E-state index < -0.39 is 0 Å². The lowest BCUT2D eigenvalue weighted by Gasteiger charge is -2.46. The SMILES string of the molecule is CC1CCC(C(C)C)C(N)(CCOC(C)C)C1. The Morgan fingerprint density at radius 2 is 1.88 bits per heavy atom. The van der Waals surface area contributed by atoms with Crippen LogP contribution in [0.25, 0.3) is 0 Å². The molecule has 2 heteroatoms. The zero-order chi connectivity index (χ0) is 13.1. The molecule has 1 aliphatic rings. The molecule has 1 rings (SSSR count). The third-order valence-corrected chi connectivity index (χ3v) is 4.26. The van der Waals surface area contributed by atoms with Crippen molar-refractivity contribution in [3.05, 3.63) is 0 Å². The van der Waals surface area contributed by atoms with Crippen LogP contribution < -0.4 is 5.73 Å². The van der Waals surface area contributed by atoms with Crippen molar-refractivity contribution in [1.82, 2.24) is 0 Å². The smallest absolute Gasteiger partial charge is 0.0518 e. The van der Waals surface area contributed by atoms with Crippen LogP contribution in [0, 0.1) is 17.8 Å². The highest BCUT2D eigenvalue weighted by Gasteiger charge is 2.40. The summed E-state index contributed by atoms with van der Waals surface area (Å²) in [6, 6.07) is 0. The number of hydrogen-bond donors (Lipinski definition) is 1. The Hall–Kier alpha value is -0.0800. The van der Waals surface area contributed by atoms with Gasteiger partial charge in [-0.1, -0.05) is 27.2 Å². The van der Waals surface area contributed by atoms with E-state index in [9.17, 15) is 0 Å². The second-order valence-electron chi connectivity index (χ2n) is 6.64. The first-order valence-electron chi connectivity index (χ1n) is 7.25. The van der Waals surface area contributed by atoms with Crippen LogP contribution in [0.1, 0.15) is 60.3 Å². The lowest BCUT2D eigenvalue weighted by molar-refractivity contribution is 0.0309. The minimum atomic E-state index is 0.000718. The minimum Gasteiger partial charge on any atom is -0.379 e. The van der Waals surface area contributed by atoms with Crippen LogP contribution in [-0.4, -0.2) is 18.2 Å². The molecule has 102 valence electrons. The summed E-state index contributed by atoms with van der Waals surface area (Å²) >= 11 is 0. The summed E-state index contributed by atoms with van der Waals surface area (Å²) in [6.07, 6.45) is 5.12. The van der Waals surface area contributed by atoms with E-state index in [4.69, 9.17) is 10.5 Å². The molecule has 0 aliphatic heterocycles. The van der Waals surface area contributed by atoms with Crippen LogP contribution in [0.2, 0.25) is 0 Å². The first-order valence-corrected chi connectivity index (χ1v) is 7.25. The lowest BCUT2D eigenvalue weighted by atomic mass is 9.64. The predicted octanol–water partition coefficient (Wildman–Crippen LogP) is 3.59. The van der Waals surface area contributed by atoms with Crippen molar-refractivity contribution in [2.75, 3.05) is 6.61 Å². The number of hydrogen-bond acceptors (Lipinski definition) is 2. The zero-order valence-corrected chi connectivity index (χ0v) is 12.3. The molecule has 0 heterocycles. The summed E-state index contributed by atoms with van der Waals surface area (Å²) in [5.41, 5.74) is 6.70. The molecule has 3 atom stereocenters. The van der Waals surface area contributed by atoms with Crippen LogP contribution in [0.5, 0.6) is 0 Å². The highest BCUT2D eigenvalue weighted by molar-refractivity contribution is 4.97. The average molecular weight is 241 g/mol. The highest BCUT2D eigenvalue weighted by Crippen LogP contribution is 2.41. The Kier molecular flexibility index (Phi) is 5.46. The van der Waals surface area contributed by atoms with Gasteiger partial charge < -0.3 is 10.5 Å². The third-order valence-electron chi connectivity index (χ3n) is 4.26. The van der Waals surface area contributed by atoms with E-state index in [0.717, 1.165) is 25.4 Å². The van der Waals surface area contributed by atoms with Gasteiger partial charge in [0.05, 0.1) is 6.10 Å². The van der Waals surface area contributed by atoms with Gasteiger partial charge in [0.2, 0.25) is 0 Å². The van der Waals surface area contributed by atoms with Crippen LogP contribution in [0.4, 0.5) is 0 Å². The van der Waals surface area contributed by atoms with E-state index in [1.165, 1.54) is 12.8 Å². The topological polar surface area (TPSA) is 35.2 Å². The fraction of sp³-hybridized carbons (Fsp3) is 1.00. The van der Waals surface area contributed by atoms with Gasteiger partial charge in [-0.15, -0.1) is 0 Å². The standard InChI is InChI=1S/C15H31NO/c1-11(2)14-7-6-13(5)10-15(14,16)8-9-17-12(3)4/h11-14H,6-10,16H2,1-5H3. The van der Waals surface area contributed by atoms with Crippen LogP contribution >= 0.6 is 0 Å². The molecule has 3 unspecified atom stereocenters. The molecule has 0 radical (unpaired) electrons. The van der Waals surface area contributed by atoms with E-state index in [-0.39, 0.29) is 5.54 Å². The van der Waals surface area contributed by atoms with Crippen molar-refractivity contribution in [3.8, 4) is 0 Å². The quantitative estimate of drug-likeness (QED) is 0.798. The van der Waals surface area contributed by atoms with Gasteiger partial charge in [-0.05, 0) is 50.9 Å². The molecule has 17 heavy (non-hydrogen) atoms. The highest BCUT2D eigenvalue weighted by atomic mass is 16.5. The fourth-order valence-corrected chi connectivity index (χ4v) is 3.42. The van der Waals surface area contributed by atoms with Gasteiger partial charge in [-0.2, -0.15) is 0 Å². The van der Waals surface area contributed by atoms with Crippen LogP contribution in [-0.2, 0) is 4.74 Å². The van der Waals surface area contributed by atoms with E-state index in [0.29, 0.717) is 17.9 Å². The normalized spacial score (nSPS) is 34.6. The number of nitrogens with two attached hydrogens (primary N) is 1. The van der Waals surface area contributed by atoms with Crippen LogP contribution in [0.3, 0.4) is 0 Å². The molecule has 0 saturated heterocycles. The monoisotopic (exact) mass is 241 g/mol. The molecule has 1 aliphatic carbocycles. The van der Waals surface area contributed by atoms with Gasteiger partial charge in [0.1, 0.15) is 0 Å². The number of rotatable bonds is 5. The van der Waals surface area contributed by atoms with Gasteiger partial charge in [0.15, 0.2) is 0 Å². The van der Waals surface area contributed by atoms with Crippen molar-refractivity contribution in [3.63, 3.8) is 0 Å². The summed E-state index contributed by atoms with van der Waals surface area (Å²) in [5, 5.41) is 0. The molecular weight excluding hydrogens is 210 g/mol. The molecule has 0 aromatic heterocycles. The van der Waals surface area contributed by atoms with E-state index in [1.807, 2.05) is 0 Å². The number of ether oxygens (including phenoxy) is 1. The molecule has 0 bridgehead atoms. The Morgan fingerprint density at radius 1 is 1.24 bits per heavy atom. The Morgan fingerprint density at radius 3 is 2.41 bits per heavy atom. The summed E-state index contributed by atoms with van der Waals surface area (Å²) in [7, 11) is 0. The van der Waals surface area contributed by atoms with Gasteiger partial charge in [-0.3, -0.25) is 0 Å². The molecule has 1 saturated carbocycles. The van der Waals surface area contributed by atoms with Crippen molar-refractivity contribution >= 4 is 0 Å². The molecular formula is C15H31NO. The maximum absolute atomic E-state index is 6.70. The molecule has 0 aromatic rings. The maximum atomic E-state index is 6.70. The summed E-state index contributed by atoms with van der Waals surface area (Å²) in [5.74, 6) is 2.12. The first kappa shape index (κ1) is 15.0. The van der Waals surface area contributed by atoms with Gasteiger partial charge >= 0.3 is 0 Å². The largest absolute Gasteiger partial charge is 0.379 e. The van der Waals surface area contributed by atoms with Gasteiger partial charge in [-0.25, -0.2) is 0 Å². The summed E-state index contributed by atoms with van der Waals surface area (Å²) in [6.45, 7) is 11.9. The minimum absolute atomic E-state index is 0.000718. The Balaban J connectivity index is 2.58. The summed E-state index contributed by atoms with van der Waals surface area (Å²) in [4.78, 5) is 0. The predicted molar refractivity (Wildman–Crippen MR) is 74.0 cm³/mol. The molecule has 0 aromatic carbocycles. The second kappa shape index (κ2) is 6.19. The Labute approximate surface area is 107 Å². The zero-order valence-electron chi connectivity index (χ0n) is 12.3. The third kappa shape index (κ3) is 4.26. The maximum Gasteiger partial charge on any atom is 0.0518 e. The molecule has 0 spiro atoms. The molecule has 0 amide bonds. The summed E-state index contributed by atoms with van der Waals surface area (Å²) < 4.78 is 5.69. The second-order valence-corrected chi connectivity index (χ2v) is 6.64. The first-order chi connectivity index (χ1) is 7.85. The molecule has 2 nitrogen and oxygen atoms in total. The Bertz CT molecular complexity index is 227. The fourth-order valence-electron chi connectivity index (χ4n) is 3.42. The van der Waals surface area contributed by atoms with Crippen molar-refractivity contribution < 1.29 is 4.74 Å². The van der Waals surface area contributed by atoms with E-state index >= 15 is 0 Å².